The van der Waals surface area contributed by atoms with Crippen LogP contribution in [-0.4, -0.2) is 71.7 Å². The summed E-state index contributed by atoms with van der Waals surface area (Å²) in [6.45, 7) is 5.10. The molecule has 2 heterocycles. The Morgan fingerprint density at radius 2 is 2.00 bits per heavy atom. The van der Waals surface area contributed by atoms with Gasteiger partial charge in [0.05, 0.1) is 30.4 Å². The molecule has 0 spiro atoms. The van der Waals surface area contributed by atoms with Gasteiger partial charge in [-0.15, -0.1) is 0 Å². The van der Waals surface area contributed by atoms with E-state index in [0.29, 0.717) is 33.9 Å². The van der Waals surface area contributed by atoms with Crippen LogP contribution >= 0.6 is 0 Å². The Labute approximate surface area is 214 Å². The summed E-state index contributed by atoms with van der Waals surface area (Å²) in [6, 6.07) is 9.84. The number of anilines is 4. The number of fused-ring (bicyclic) bond motifs is 1. The number of halogens is 1. The molecule has 0 radical (unpaired) electrons. The maximum absolute atomic E-state index is 13.8. The molecule has 10 nitrogen and oxygen atoms in total. The number of aromatic nitrogens is 4. The van der Waals surface area contributed by atoms with Crippen molar-refractivity contribution in [3.05, 3.63) is 67.4 Å². The molecule has 0 saturated carbocycles. The summed E-state index contributed by atoms with van der Waals surface area (Å²) in [5.41, 5.74) is 3.70. The van der Waals surface area contributed by atoms with Crippen molar-refractivity contribution in [2.24, 2.45) is 0 Å². The highest BCUT2D eigenvalue weighted by Crippen LogP contribution is 2.38. The average molecular weight is 505 g/mol. The predicted molar refractivity (Wildman–Crippen MR) is 143 cm³/mol. The van der Waals surface area contributed by atoms with Gasteiger partial charge in [-0.3, -0.25) is 4.79 Å². The molecule has 0 aliphatic carbocycles. The van der Waals surface area contributed by atoms with Gasteiger partial charge < -0.3 is 25.2 Å². The van der Waals surface area contributed by atoms with Crippen LogP contribution in [0.4, 0.5) is 27.4 Å². The Balaban J connectivity index is 1.72. The summed E-state index contributed by atoms with van der Waals surface area (Å²) in [6.07, 6.45) is 4.35. The molecule has 4 rings (SSSR count). The summed E-state index contributed by atoms with van der Waals surface area (Å²) in [7, 11) is 7.51. The fraction of sp³-hybridized carbons (Fsp3) is 0.231. The van der Waals surface area contributed by atoms with Crippen LogP contribution in [0.1, 0.15) is 0 Å². The number of hydrogen-bond acceptors (Lipinski definition) is 8. The number of likely N-dealkylation sites (N-methyl/N-ethyl adjacent to an activating group) is 2. The number of rotatable bonds is 10. The maximum atomic E-state index is 13.8. The Morgan fingerprint density at radius 3 is 2.70 bits per heavy atom. The number of nitrogens with one attached hydrogen (secondary N) is 2. The lowest BCUT2D eigenvalue weighted by Crippen LogP contribution is -2.29. The summed E-state index contributed by atoms with van der Waals surface area (Å²) in [5, 5.41) is 10.3. The van der Waals surface area contributed by atoms with Gasteiger partial charge in [0.25, 0.3) is 0 Å². The van der Waals surface area contributed by atoms with Gasteiger partial charge in [-0.25, -0.2) is 13.9 Å². The smallest absolute Gasteiger partial charge is 0.247 e. The van der Waals surface area contributed by atoms with Crippen LogP contribution in [0.5, 0.6) is 5.75 Å². The zero-order valence-corrected chi connectivity index (χ0v) is 21.2. The minimum Gasteiger partial charge on any atom is -0.494 e. The predicted octanol–water partition coefficient (Wildman–Crippen LogP) is 3.80. The van der Waals surface area contributed by atoms with Crippen LogP contribution in [-0.2, 0) is 4.79 Å². The van der Waals surface area contributed by atoms with Gasteiger partial charge >= 0.3 is 0 Å². The number of ether oxygens (including phenoxy) is 1. The summed E-state index contributed by atoms with van der Waals surface area (Å²) >= 11 is 0. The molecular formula is C26H29FN8O2. The quantitative estimate of drug-likeness (QED) is 0.315. The van der Waals surface area contributed by atoms with Gasteiger partial charge in [0.15, 0.2) is 5.65 Å². The van der Waals surface area contributed by atoms with Crippen molar-refractivity contribution in [2.75, 3.05) is 56.9 Å². The van der Waals surface area contributed by atoms with Crippen molar-refractivity contribution in [2.45, 2.75) is 0 Å². The number of carbonyl (C=O) groups excluding carboxylic acids is 1. The molecule has 0 unspecified atom stereocenters. The number of amides is 1. The summed E-state index contributed by atoms with van der Waals surface area (Å²) in [5.74, 6) is 0.123. The van der Waals surface area contributed by atoms with Crippen molar-refractivity contribution in [1.82, 2.24) is 24.5 Å². The second-order valence-electron chi connectivity index (χ2n) is 8.63. The van der Waals surface area contributed by atoms with E-state index in [1.54, 1.807) is 31.5 Å². The van der Waals surface area contributed by atoms with Gasteiger partial charge in [0.2, 0.25) is 11.9 Å². The molecule has 0 saturated heterocycles. The molecule has 2 aromatic heterocycles. The minimum absolute atomic E-state index is 0.277. The highest BCUT2D eigenvalue weighted by atomic mass is 19.1. The Hall–Kier alpha value is -4.51. The Kier molecular flexibility index (Phi) is 7.63. The third-order valence-electron chi connectivity index (χ3n) is 5.71. The second-order valence-corrected chi connectivity index (χ2v) is 8.63. The van der Waals surface area contributed by atoms with Gasteiger partial charge in [0, 0.05) is 31.8 Å². The van der Waals surface area contributed by atoms with Crippen LogP contribution in [0.15, 0.2) is 61.6 Å². The molecule has 11 heteroatoms. The highest BCUT2D eigenvalue weighted by molar-refractivity contribution is 6.02. The monoisotopic (exact) mass is 504 g/mol. The van der Waals surface area contributed by atoms with E-state index < -0.39 is 0 Å². The minimum atomic E-state index is -0.348. The van der Waals surface area contributed by atoms with Crippen LogP contribution in [0.2, 0.25) is 0 Å². The molecule has 0 aliphatic rings. The molecule has 192 valence electrons. The molecule has 0 atom stereocenters. The average Bonchev–Trinajstić information content (AvgIpc) is 3.30. The first-order valence-corrected chi connectivity index (χ1v) is 11.5. The first kappa shape index (κ1) is 25.6. The van der Waals surface area contributed by atoms with Gasteiger partial charge in [-0.05, 0) is 43.9 Å². The number of benzene rings is 2. The maximum Gasteiger partial charge on any atom is 0.247 e. The molecule has 1 amide bonds. The zero-order valence-electron chi connectivity index (χ0n) is 21.2. The van der Waals surface area contributed by atoms with E-state index in [9.17, 15) is 9.18 Å². The lowest BCUT2D eigenvalue weighted by atomic mass is 10.1. The Morgan fingerprint density at radius 1 is 1.19 bits per heavy atom. The summed E-state index contributed by atoms with van der Waals surface area (Å²) < 4.78 is 21.0. The van der Waals surface area contributed by atoms with E-state index in [1.165, 1.54) is 29.1 Å². The van der Waals surface area contributed by atoms with Crippen LogP contribution in [0, 0.1) is 5.82 Å². The van der Waals surface area contributed by atoms with Crippen molar-refractivity contribution in [3.63, 3.8) is 0 Å². The van der Waals surface area contributed by atoms with Gasteiger partial charge in [0.1, 0.15) is 17.9 Å². The molecule has 4 aromatic rings. The molecular weight excluding hydrogens is 475 g/mol. The largest absolute Gasteiger partial charge is 0.494 e. The molecule has 2 N–H and O–H groups in total. The van der Waals surface area contributed by atoms with Crippen LogP contribution in [0.25, 0.3) is 16.8 Å². The first-order chi connectivity index (χ1) is 17.8. The Bertz CT molecular complexity index is 1440. The number of nitrogens with zero attached hydrogens (tertiary/aromatic N) is 6. The normalized spacial score (nSPS) is 11.0. The third kappa shape index (κ3) is 5.84. The van der Waals surface area contributed by atoms with E-state index in [-0.39, 0.29) is 17.7 Å². The fourth-order valence-electron chi connectivity index (χ4n) is 3.74. The summed E-state index contributed by atoms with van der Waals surface area (Å²) in [4.78, 5) is 25.3. The number of carbonyl (C=O) groups is 1. The first-order valence-electron chi connectivity index (χ1n) is 11.5. The van der Waals surface area contributed by atoms with Crippen molar-refractivity contribution < 1.29 is 13.9 Å². The van der Waals surface area contributed by atoms with E-state index in [1.807, 2.05) is 32.1 Å². The lowest BCUT2D eigenvalue weighted by molar-refractivity contribution is -0.111. The molecule has 2 aromatic carbocycles. The van der Waals surface area contributed by atoms with Crippen molar-refractivity contribution in [1.29, 1.82) is 0 Å². The van der Waals surface area contributed by atoms with E-state index in [4.69, 9.17) is 4.74 Å². The van der Waals surface area contributed by atoms with Crippen LogP contribution < -0.4 is 20.3 Å². The highest BCUT2D eigenvalue weighted by Gasteiger charge is 2.17. The third-order valence-corrected chi connectivity index (χ3v) is 5.71. The van der Waals surface area contributed by atoms with Crippen LogP contribution in [0.3, 0.4) is 0 Å². The second kappa shape index (κ2) is 11.0. The molecule has 37 heavy (non-hydrogen) atoms. The number of methoxy groups -OCH3 is 1. The van der Waals surface area contributed by atoms with Crippen molar-refractivity contribution in [3.8, 4) is 16.9 Å². The number of hydrogen-bond donors (Lipinski definition) is 2. The fourth-order valence-corrected chi connectivity index (χ4v) is 3.74. The SMILES string of the molecule is C=CC(=O)Nc1cc(Nc2ncn3ncc(-c4cccc(F)c4)c3n2)c(OC)cc1N(C)CCN(C)C. The zero-order chi connectivity index (χ0) is 26.5. The molecule has 0 fully saturated rings. The van der Waals surface area contributed by atoms with Gasteiger partial charge in [-0.1, -0.05) is 18.7 Å². The topological polar surface area (TPSA) is 99.9 Å². The van der Waals surface area contributed by atoms with E-state index >= 15 is 0 Å². The van der Waals surface area contributed by atoms with Gasteiger partial charge in [-0.2, -0.15) is 10.1 Å². The molecule has 0 bridgehead atoms. The van der Waals surface area contributed by atoms with E-state index in [0.717, 1.165) is 18.8 Å². The van der Waals surface area contributed by atoms with E-state index in [2.05, 4.69) is 37.2 Å². The molecule has 0 aliphatic heterocycles. The standard InChI is InChI=1S/C26H29FN8O2/c1-6-24(36)30-20-13-21(23(37-5)14-22(20)34(4)11-10-33(2)3)31-26-28-16-35-25(32-26)19(15-29-35)17-8-7-9-18(27)12-17/h6-9,12-16H,1,10-11H2,2-5H3,(H,30,36)(H,31,32). The lowest BCUT2D eigenvalue weighted by Gasteiger charge is -2.25. The van der Waals surface area contributed by atoms with Crippen molar-refractivity contribution >= 4 is 34.6 Å².